The summed E-state index contributed by atoms with van der Waals surface area (Å²) >= 11 is 3.43. The first-order valence-corrected chi connectivity index (χ1v) is 9.50. The normalized spacial score (nSPS) is 14.9. The Morgan fingerprint density at radius 1 is 1.30 bits per heavy atom. The monoisotopic (exact) mass is 434 g/mol. The third-order valence-corrected chi connectivity index (χ3v) is 4.95. The van der Waals surface area contributed by atoms with Crippen molar-refractivity contribution in [3.63, 3.8) is 0 Å². The Morgan fingerprint density at radius 3 is 2.70 bits per heavy atom. The molecule has 0 saturated heterocycles. The van der Waals surface area contributed by atoms with E-state index < -0.39 is 6.10 Å². The Morgan fingerprint density at radius 2 is 2.00 bits per heavy atom. The smallest absolute Gasteiger partial charge is 0.262 e. The first kappa shape index (κ1) is 19.7. The average Bonchev–Trinajstić information content (AvgIpc) is 2.60. The van der Waals surface area contributed by atoms with Gasteiger partial charge in [0.2, 0.25) is 0 Å². The maximum Gasteiger partial charge on any atom is 0.262 e. The van der Waals surface area contributed by atoms with Crippen LogP contribution in [0.15, 0.2) is 40.9 Å². The van der Waals surface area contributed by atoms with E-state index in [1.165, 1.54) is 17.7 Å². The van der Waals surface area contributed by atoms with E-state index in [0.29, 0.717) is 17.0 Å². The van der Waals surface area contributed by atoms with E-state index in [9.17, 15) is 15.0 Å². The van der Waals surface area contributed by atoms with Crippen molar-refractivity contribution in [2.75, 3.05) is 18.5 Å². The fraction of sp³-hybridized carbons (Fsp3) is 0.350. The lowest BCUT2D eigenvalue weighted by atomic mass is 9.94. The molecule has 1 amide bonds. The van der Waals surface area contributed by atoms with Gasteiger partial charge in [-0.1, -0.05) is 28.1 Å². The van der Waals surface area contributed by atoms with Crippen molar-refractivity contribution in [3.8, 4) is 11.5 Å². The number of β-amino-alcohol motifs (C(OH)–C–C–N with tert-alkyl or cyclic N) is 1. The number of aliphatic hydroxyl groups is 1. The molecule has 0 fully saturated rings. The lowest BCUT2D eigenvalue weighted by Crippen LogP contribution is -2.43. The Balaban J connectivity index is 1.69. The molecule has 6 nitrogen and oxygen atoms in total. The van der Waals surface area contributed by atoms with Crippen molar-refractivity contribution >= 4 is 27.5 Å². The summed E-state index contributed by atoms with van der Waals surface area (Å²) in [4.78, 5) is 11.5. The Labute approximate surface area is 166 Å². The number of benzene rings is 2. The summed E-state index contributed by atoms with van der Waals surface area (Å²) in [6, 6.07) is 11.0. The van der Waals surface area contributed by atoms with Crippen LogP contribution in [0.25, 0.3) is 0 Å². The zero-order valence-electron chi connectivity index (χ0n) is 15.3. The quantitative estimate of drug-likeness (QED) is 0.560. The van der Waals surface area contributed by atoms with E-state index in [1.807, 2.05) is 12.1 Å². The Bertz CT molecular complexity index is 837. The van der Waals surface area contributed by atoms with E-state index in [2.05, 4.69) is 52.5 Å². The second-order valence-corrected chi connectivity index (χ2v) is 8.25. The number of aromatic hydroxyl groups is 1. The number of ether oxygens (including phenoxy) is 1. The molecule has 1 aliphatic rings. The molecule has 0 saturated carbocycles. The highest BCUT2D eigenvalue weighted by Crippen LogP contribution is 2.38. The zero-order valence-corrected chi connectivity index (χ0v) is 16.8. The molecule has 7 heteroatoms. The predicted molar refractivity (Wildman–Crippen MR) is 107 cm³/mol. The summed E-state index contributed by atoms with van der Waals surface area (Å²) < 4.78 is 6.50. The third-order valence-electron chi connectivity index (χ3n) is 4.42. The molecule has 144 valence electrons. The number of carbonyl (C=O) groups excluding carboxylic acids is 1. The number of phenols is 1. The average molecular weight is 435 g/mol. The molecule has 0 bridgehead atoms. The number of halogens is 1. The van der Waals surface area contributed by atoms with E-state index in [0.717, 1.165) is 10.9 Å². The van der Waals surface area contributed by atoms with Crippen LogP contribution < -0.4 is 15.4 Å². The van der Waals surface area contributed by atoms with E-state index in [1.54, 1.807) is 0 Å². The Hall–Kier alpha value is -2.09. The minimum atomic E-state index is -0.898. The van der Waals surface area contributed by atoms with Crippen LogP contribution in [0.5, 0.6) is 11.5 Å². The molecule has 1 aliphatic heterocycles. The number of carbonyl (C=O) groups is 1. The Kier molecular flexibility index (Phi) is 5.74. The van der Waals surface area contributed by atoms with Crippen LogP contribution >= 0.6 is 15.9 Å². The number of hydrogen-bond donors (Lipinski definition) is 4. The molecular weight excluding hydrogens is 412 g/mol. The molecule has 4 N–H and O–H groups in total. The third kappa shape index (κ3) is 5.00. The van der Waals surface area contributed by atoms with Crippen LogP contribution in [0.2, 0.25) is 0 Å². The number of amides is 1. The summed E-state index contributed by atoms with van der Waals surface area (Å²) in [6.07, 6.45) is -0.109. The van der Waals surface area contributed by atoms with Crippen LogP contribution in [0.1, 0.15) is 31.1 Å². The van der Waals surface area contributed by atoms with Gasteiger partial charge in [0.25, 0.3) is 5.91 Å². The first-order valence-electron chi connectivity index (χ1n) is 8.70. The molecule has 1 unspecified atom stereocenters. The number of nitrogens with one attached hydrogen (secondary N) is 2. The summed E-state index contributed by atoms with van der Waals surface area (Å²) in [5.41, 5.74) is 1.75. The summed E-state index contributed by atoms with van der Waals surface area (Å²) in [5.74, 6) is 0.0671. The highest BCUT2D eigenvalue weighted by atomic mass is 79.9. The van der Waals surface area contributed by atoms with E-state index in [-0.39, 0.29) is 30.3 Å². The van der Waals surface area contributed by atoms with Gasteiger partial charge in [-0.15, -0.1) is 0 Å². The fourth-order valence-electron chi connectivity index (χ4n) is 3.12. The molecule has 1 heterocycles. The summed E-state index contributed by atoms with van der Waals surface area (Å²) in [5, 5.41) is 26.6. The van der Waals surface area contributed by atoms with Crippen molar-refractivity contribution in [2.24, 2.45) is 0 Å². The van der Waals surface area contributed by atoms with Crippen LogP contribution in [0.4, 0.5) is 5.69 Å². The highest BCUT2D eigenvalue weighted by molar-refractivity contribution is 9.10. The van der Waals surface area contributed by atoms with Crippen LogP contribution in [0, 0.1) is 0 Å². The lowest BCUT2D eigenvalue weighted by Gasteiger charge is -2.29. The summed E-state index contributed by atoms with van der Waals surface area (Å²) in [6.45, 7) is 4.30. The van der Waals surface area contributed by atoms with Gasteiger partial charge >= 0.3 is 0 Å². The van der Waals surface area contributed by atoms with Crippen molar-refractivity contribution < 1.29 is 19.7 Å². The van der Waals surface area contributed by atoms with Crippen molar-refractivity contribution in [1.82, 2.24) is 5.32 Å². The number of anilines is 1. The van der Waals surface area contributed by atoms with E-state index >= 15 is 0 Å². The standard InChI is InChI=1S/C20H23BrN2O4/c1-20(2,9-12-3-5-13(21)6-4-12)22-10-17(25)15-7-14(24)8-16-19(15)27-11-18(26)23-16/h3-8,17,22,24-25H,9-11H2,1-2H3,(H,23,26). The maximum atomic E-state index is 11.5. The van der Waals surface area contributed by atoms with Gasteiger partial charge in [0.15, 0.2) is 6.61 Å². The lowest BCUT2D eigenvalue weighted by molar-refractivity contribution is -0.118. The van der Waals surface area contributed by atoms with Crippen LogP contribution in [-0.2, 0) is 11.2 Å². The zero-order chi connectivity index (χ0) is 19.6. The van der Waals surface area contributed by atoms with Gasteiger partial charge in [-0.2, -0.15) is 0 Å². The second-order valence-electron chi connectivity index (χ2n) is 7.33. The predicted octanol–water partition coefficient (Wildman–Crippen LogP) is 3.13. The fourth-order valence-corrected chi connectivity index (χ4v) is 3.38. The van der Waals surface area contributed by atoms with Crippen molar-refractivity contribution in [2.45, 2.75) is 31.9 Å². The molecule has 0 aliphatic carbocycles. The number of fused-ring (bicyclic) bond motifs is 1. The topological polar surface area (TPSA) is 90.8 Å². The molecule has 0 aromatic heterocycles. The van der Waals surface area contributed by atoms with Gasteiger partial charge in [-0.3, -0.25) is 4.79 Å². The minimum Gasteiger partial charge on any atom is -0.508 e. The SMILES string of the molecule is CC(C)(Cc1ccc(Br)cc1)NCC(O)c1cc(O)cc2c1OCC(=O)N2. The van der Waals surface area contributed by atoms with Gasteiger partial charge in [0, 0.05) is 28.2 Å². The number of phenolic OH excluding ortho intramolecular Hbond substituents is 1. The maximum absolute atomic E-state index is 11.5. The molecule has 0 spiro atoms. The van der Waals surface area contributed by atoms with Gasteiger partial charge in [-0.05, 0) is 44.0 Å². The summed E-state index contributed by atoms with van der Waals surface area (Å²) in [7, 11) is 0. The molecule has 2 aromatic rings. The van der Waals surface area contributed by atoms with Gasteiger partial charge < -0.3 is 25.6 Å². The number of rotatable bonds is 6. The molecular formula is C20H23BrN2O4. The van der Waals surface area contributed by atoms with Gasteiger partial charge in [0.1, 0.15) is 11.5 Å². The second kappa shape index (κ2) is 7.88. The highest BCUT2D eigenvalue weighted by Gasteiger charge is 2.26. The number of hydrogen-bond acceptors (Lipinski definition) is 5. The molecule has 2 aromatic carbocycles. The number of aliphatic hydroxyl groups excluding tert-OH is 1. The first-order chi connectivity index (χ1) is 12.7. The van der Waals surface area contributed by atoms with Crippen LogP contribution in [-0.4, -0.2) is 34.8 Å². The molecule has 27 heavy (non-hydrogen) atoms. The minimum absolute atomic E-state index is 0.0391. The van der Waals surface area contributed by atoms with Crippen LogP contribution in [0.3, 0.4) is 0 Å². The van der Waals surface area contributed by atoms with Gasteiger partial charge in [0.05, 0.1) is 11.8 Å². The molecule has 0 radical (unpaired) electrons. The largest absolute Gasteiger partial charge is 0.508 e. The molecule has 3 rings (SSSR count). The van der Waals surface area contributed by atoms with Gasteiger partial charge in [-0.25, -0.2) is 0 Å². The van der Waals surface area contributed by atoms with E-state index in [4.69, 9.17) is 4.74 Å². The molecule has 1 atom stereocenters. The van der Waals surface area contributed by atoms with Crippen molar-refractivity contribution in [1.29, 1.82) is 0 Å². The van der Waals surface area contributed by atoms with Crippen molar-refractivity contribution in [3.05, 3.63) is 52.0 Å².